The summed E-state index contributed by atoms with van der Waals surface area (Å²) in [4.78, 5) is 1.89. The van der Waals surface area contributed by atoms with Gasteiger partial charge in [0.1, 0.15) is 11.6 Å². The molecule has 0 atom stereocenters. The molecule has 0 saturated carbocycles. The highest BCUT2D eigenvalue weighted by Crippen LogP contribution is 2.22. The molecular weight excluding hydrogens is 267 g/mol. The third-order valence-electron chi connectivity index (χ3n) is 3.44. The number of hydrogen-bond donors (Lipinski definition) is 1. The minimum Gasteiger partial charge on any atom is -0.497 e. The molecule has 0 fully saturated rings. The van der Waals surface area contributed by atoms with Crippen molar-refractivity contribution in [1.29, 1.82) is 0 Å². The maximum absolute atomic E-state index is 14.1. The fraction of sp³-hybridized carbons (Fsp3) is 0.294. The first-order valence-corrected chi connectivity index (χ1v) is 6.96. The van der Waals surface area contributed by atoms with Crippen molar-refractivity contribution in [3.63, 3.8) is 0 Å². The summed E-state index contributed by atoms with van der Waals surface area (Å²) in [6.07, 6.45) is 0.694. The predicted octanol–water partition coefficient (Wildman–Crippen LogP) is 2.97. The molecule has 0 spiro atoms. The lowest BCUT2D eigenvalue weighted by Crippen LogP contribution is -2.18. The van der Waals surface area contributed by atoms with Gasteiger partial charge in [-0.1, -0.05) is 18.2 Å². The molecule has 2 aromatic rings. The second-order valence-electron chi connectivity index (χ2n) is 5.03. The van der Waals surface area contributed by atoms with Crippen LogP contribution < -0.4 is 15.4 Å². The van der Waals surface area contributed by atoms with Crippen molar-refractivity contribution in [1.82, 2.24) is 0 Å². The van der Waals surface area contributed by atoms with Crippen molar-refractivity contribution in [2.24, 2.45) is 5.73 Å². The van der Waals surface area contributed by atoms with Crippen LogP contribution in [0, 0.1) is 5.82 Å². The van der Waals surface area contributed by atoms with Crippen LogP contribution in [0.3, 0.4) is 0 Å². The van der Waals surface area contributed by atoms with E-state index in [1.165, 1.54) is 0 Å². The number of halogens is 1. The van der Waals surface area contributed by atoms with Crippen molar-refractivity contribution in [3.8, 4) is 5.75 Å². The molecule has 0 aromatic heterocycles. The summed E-state index contributed by atoms with van der Waals surface area (Å²) in [6.45, 7) is 1.16. The lowest BCUT2D eigenvalue weighted by atomic mass is 10.1. The van der Waals surface area contributed by atoms with Gasteiger partial charge in [-0.2, -0.15) is 0 Å². The van der Waals surface area contributed by atoms with E-state index in [-0.39, 0.29) is 5.82 Å². The number of nitrogens with two attached hydrogens (primary N) is 1. The number of methoxy groups -OCH3 is 1. The van der Waals surface area contributed by atoms with E-state index in [1.54, 1.807) is 13.2 Å². The Bertz CT molecular complexity index is 584. The molecule has 0 heterocycles. The van der Waals surface area contributed by atoms with Crippen LogP contribution in [0.4, 0.5) is 10.1 Å². The SMILES string of the molecule is COc1ccc(CN(C)c2ccc(CCN)cc2F)cc1. The molecule has 21 heavy (non-hydrogen) atoms. The van der Waals surface area contributed by atoms with E-state index in [2.05, 4.69) is 0 Å². The zero-order valence-corrected chi connectivity index (χ0v) is 12.5. The van der Waals surface area contributed by atoms with Gasteiger partial charge in [0.25, 0.3) is 0 Å². The summed E-state index contributed by atoms with van der Waals surface area (Å²) in [6, 6.07) is 13.1. The lowest BCUT2D eigenvalue weighted by Gasteiger charge is -2.20. The van der Waals surface area contributed by atoms with Crippen LogP contribution in [0.25, 0.3) is 0 Å². The monoisotopic (exact) mass is 288 g/mol. The summed E-state index contributed by atoms with van der Waals surface area (Å²) < 4.78 is 19.3. The second-order valence-corrected chi connectivity index (χ2v) is 5.03. The molecule has 3 nitrogen and oxygen atoms in total. The Morgan fingerprint density at radius 1 is 1.10 bits per heavy atom. The smallest absolute Gasteiger partial charge is 0.146 e. The molecular formula is C17H21FN2O. The van der Waals surface area contributed by atoms with Gasteiger partial charge in [0.15, 0.2) is 0 Å². The maximum Gasteiger partial charge on any atom is 0.146 e. The van der Waals surface area contributed by atoms with Crippen LogP contribution in [-0.2, 0) is 13.0 Å². The molecule has 0 bridgehead atoms. The van der Waals surface area contributed by atoms with Gasteiger partial charge in [-0.05, 0) is 48.4 Å². The van der Waals surface area contributed by atoms with E-state index in [0.29, 0.717) is 25.2 Å². The van der Waals surface area contributed by atoms with Gasteiger partial charge >= 0.3 is 0 Å². The largest absolute Gasteiger partial charge is 0.497 e. The molecule has 0 amide bonds. The van der Waals surface area contributed by atoms with Crippen LogP contribution in [-0.4, -0.2) is 20.7 Å². The summed E-state index contributed by atoms with van der Waals surface area (Å²) >= 11 is 0. The highest BCUT2D eigenvalue weighted by atomic mass is 19.1. The van der Waals surface area contributed by atoms with Crippen molar-refractivity contribution in [2.45, 2.75) is 13.0 Å². The average molecular weight is 288 g/mol. The van der Waals surface area contributed by atoms with E-state index in [9.17, 15) is 4.39 Å². The molecule has 0 radical (unpaired) electrons. The van der Waals surface area contributed by atoms with E-state index < -0.39 is 0 Å². The van der Waals surface area contributed by atoms with E-state index in [1.807, 2.05) is 48.3 Å². The highest BCUT2D eigenvalue weighted by Gasteiger charge is 2.09. The minimum atomic E-state index is -0.211. The van der Waals surface area contributed by atoms with Gasteiger partial charge in [-0.25, -0.2) is 4.39 Å². The minimum absolute atomic E-state index is 0.211. The first-order chi connectivity index (χ1) is 10.1. The zero-order chi connectivity index (χ0) is 15.2. The van der Waals surface area contributed by atoms with Crippen LogP contribution in [0.15, 0.2) is 42.5 Å². The van der Waals surface area contributed by atoms with E-state index >= 15 is 0 Å². The lowest BCUT2D eigenvalue weighted by molar-refractivity contribution is 0.414. The summed E-state index contributed by atoms with van der Waals surface area (Å²) in [5.41, 5.74) is 8.11. The van der Waals surface area contributed by atoms with Crippen molar-refractivity contribution in [3.05, 3.63) is 59.4 Å². The van der Waals surface area contributed by atoms with Gasteiger partial charge in [-0.15, -0.1) is 0 Å². The Morgan fingerprint density at radius 2 is 1.76 bits per heavy atom. The van der Waals surface area contributed by atoms with Crippen molar-refractivity contribution in [2.75, 3.05) is 25.6 Å². The standard InChI is InChI=1S/C17H21FN2O/c1-20(12-14-3-6-15(21-2)7-4-14)17-8-5-13(9-10-19)11-16(17)18/h3-8,11H,9-10,12,19H2,1-2H3. The summed E-state index contributed by atoms with van der Waals surface area (Å²) in [5, 5.41) is 0. The number of hydrogen-bond acceptors (Lipinski definition) is 3. The van der Waals surface area contributed by atoms with Crippen molar-refractivity contribution < 1.29 is 9.13 Å². The Labute approximate surface area is 125 Å². The van der Waals surface area contributed by atoms with Crippen LogP contribution in [0.2, 0.25) is 0 Å². The topological polar surface area (TPSA) is 38.5 Å². The Balaban J connectivity index is 2.10. The molecule has 0 unspecified atom stereocenters. The number of ether oxygens (including phenoxy) is 1. The number of rotatable bonds is 6. The van der Waals surface area contributed by atoms with Crippen LogP contribution >= 0.6 is 0 Å². The molecule has 4 heteroatoms. The molecule has 0 aliphatic carbocycles. The molecule has 0 aliphatic rings. The average Bonchev–Trinajstić information content (AvgIpc) is 2.48. The highest BCUT2D eigenvalue weighted by molar-refractivity contribution is 5.49. The van der Waals surface area contributed by atoms with E-state index in [0.717, 1.165) is 16.9 Å². The molecule has 2 rings (SSSR count). The van der Waals surface area contributed by atoms with Gasteiger partial charge in [0.2, 0.25) is 0 Å². The maximum atomic E-state index is 14.1. The van der Waals surface area contributed by atoms with Gasteiger partial charge in [0, 0.05) is 13.6 Å². The molecule has 2 aromatic carbocycles. The molecule has 0 saturated heterocycles. The number of nitrogens with zero attached hydrogens (tertiary/aromatic N) is 1. The van der Waals surface area contributed by atoms with Gasteiger partial charge in [0.05, 0.1) is 12.8 Å². The zero-order valence-electron chi connectivity index (χ0n) is 12.5. The summed E-state index contributed by atoms with van der Waals surface area (Å²) in [5.74, 6) is 0.607. The fourth-order valence-electron chi connectivity index (χ4n) is 2.27. The number of benzene rings is 2. The Morgan fingerprint density at radius 3 is 2.33 bits per heavy atom. The predicted molar refractivity (Wildman–Crippen MR) is 84.3 cm³/mol. The van der Waals surface area contributed by atoms with Gasteiger partial charge in [-0.3, -0.25) is 0 Å². The number of anilines is 1. The first kappa shape index (κ1) is 15.3. The molecule has 112 valence electrons. The summed E-state index contributed by atoms with van der Waals surface area (Å²) in [7, 11) is 3.52. The Kier molecular flexibility index (Phi) is 5.17. The first-order valence-electron chi connectivity index (χ1n) is 6.96. The third-order valence-corrected chi connectivity index (χ3v) is 3.44. The second kappa shape index (κ2) is 7.09. The molecule has 0 aliphatic heterocycles. The Hall–Kier alpha value is -2.07. The van der Waals surface area contributed by atoms with Crippen molar-refractivity contribution >= 4 is 5.69 Å². The molecule has 2 N–H and O–H groups in total. The quantitative estimate of drug-likeness (QED) is 0.888. The van der Waals surface area contributed by atoms with Crippen LogP contribution in [0.1, 0.15) is 11.1 Å². The fourth-order valence-corrected chi connectivity index (χ4v) is 2.27. The van der Waals surface area contributed by atoms with Gasteiger partial charge < -0.3 is 15.4 Å². The normalized spacial score (nSPS) is 10.5. The van der Waals surface area contributed by atoms with Crippen LogP contribution in [0.5, 0.6) is 5.75 Å². The van der Waals surface area contributed by atoms with E-state index in [4.69, 9.17) is 10.5 Å². The third kappa shape index (κ3) is 3.95.